The molecule has 0 aliphatic carbocycles. The van der Waals surface area contributed by atoms with Crippen LogP contribution in [0.25, 0.3) is 0 Å². The summed E-state index contributed by atoms with van der Waals surface area (Å²) in [6.45, 7) is -0.875. The number of hydrogen-bond acceptors (Lipinski definition) is 7. The second-order valence-electron chi connectivity index (χ2n) is 5.17. The van der Waals surface area contributed by atoms with Crippen LogP contribution in [0.1, 0.15) is 18.5 Å². The molecular formula is C13H20F3N7O2S. The van der Waals surface area contributed by atoms with Crippen molar-refractivity contribution in [1.29, 1.82) is 5.41 Å². The number of unbranched alkanes of at least 4 members (excludes halogenated alkanes) is 1. The fourth-order valence-electron chi connectivity index (χ4n) is 1.93. The molecule has 0 atom stereocenters. The number of nitrogens with two attached hydrogens (primary N) is 1. The summed E-state index contributed by atoms with van der Waals surface area (Å²) in [4.78, 5) is 14.5. The normalized spacial score (nSPS) is 11.9. The van der Waals surface area contributed by atoms with E-state index in [1.54, 1.807) is 12.4 Å². The molecular weight excluding hydrogens is 375 g/mol. The van der Waals surface area contributed by atoms with Gasteiger partial charge in [0.2, 0.25) is 0 Å². The van der Waals surface area contributed by atoms with Crippen LogP contribution in [0.15, 0.2) is 17.4 Å². The van der Waals surface area contributed by atoms with Crippen LogP contribution in [-0.2, 0) is 6.42 Å². The Kier molecular flexibility index (Phi) is 8.09. The second-order valence-corrected chi connectivity index (χ2v) is 6.01. The number of anilines is 1. The molecule has 0 saturated heterocycles. The van der Waals surface area contributed by atoms with E-state index in [2.05, 4.69) is 15.6 Å². The van der Waals surface area contributed by atoms with E-state index in [-0.39, 0.29) is 11.0 Å². The Morgan fingerprint density at radius 1 is 1.54 bits per heavy atom. The Morgan fingerprint density at radius 3 is 2.77 bits per heavy atom. The van der Waals surface area contributed by atoms with Crippen molar-refractivity contribution in [3.05, 3.63) is 33.2 Å². The van der Waals surface area contributed by atoms with Gasteiger partial charge in [0, 0.05) is 19.0 Å². The number of nitrogens with zero attached hydrogens (tertiary/aromatic N) is 3. The molecule has 0 amide bonds. The molecule has 1 rings (SSSR count). The molecule has 1 heterocycles. The zero-order valence-corrected chi connectivity index (χ0v) is 14.8. The molecule has 9 nitrogen and oxygen atoms in total. The molecule has 0 unspecified atom stereocenters. The monoisotopic (exact) mass is 395 g/mol. The summed E-state index contributed by atoms with van der Waals surface area (Å²) in [7, 11) is 1.56. The van der Waals surface area contributed by atoms with Gasteiger partial charge in [-0.15, -0.1) is 11.3 Å². The van der Waals surface area contributed by atoms with E-state index >= 15 is 0 Å². The van der Waals surface area contributed by atoms with Crippen molar-refractivity contribution in [3.8, 4) is 0 Å². The molecule has 26 heavy (non-hydrogen) atoms. The molecule has 0 spiro atoms. The molecule has 13 heteroatoms. The first-order valence-electron chi connectivity index (χ1n) is 7.52. The highest BCUT2D eigenvalue weighted by Crippen LogP contribution is 2.25. The molecule has 0 radical (unpaired) electrons. The van der Waals surface area contributed by atoms with Gasteiger partial charge in [0.15, 0.2) is 16.9 Å². The lowest BCUT2D eigenvalue weighted by Crippen LogP contribution is -2.42. The molecule has 1 aromatic heterocycles. The molecule has 1 aromatic rings. The van der Waals surface area contributed by atoms with Gasteiger partial charge in [-0.25, -0.2) is 4.98 Å². The van der Waals surface area contributed by atoms with Crippen molar-refractivity contribution < 1.29 is 18.1 Å². The van der Waals surface area contributed by atoms with Crippen LogP contribution in [0.4, 0.5) is 18.3 Å². The van der Waals surface area contributed by atoms with Crippen LogP contribution in [0.5, 0.6) is 0 Å². The van der Waals surface area contributed by atoms with Crippen molar-refractivity contribution in [2.75, 3.05) is 25.0 Å². The van der Waals surface area contributed by atoms with Gasteiger partial charge in [-0.3, -0.25) is 20.4 Å². The van der Waals surface area contributed by atoms with Gasteiger partial charge in [0.1, 0.15) is 6.54 Å². The highest BCUT2D eigenvalue weighted by Gasteiger charge is 2.33. The fraction of sp³-hybridized carbons (Fsp3) is 0.538. The third kappa shape index (κ3) is 8.00. The molecule has 0 aliphatic heterocycles. The van der Waals surface area contributed by atoms with E-state index < -0.39 is 23.6 Å². The topological polar surface area (TPSA) is 133 Å². The molecule has 0 saturated carbocycles. The number of thiazole rings is 1. The maximum absolute atomic E-state index is 12.5. The van der Waals surface area contributed by atoms with Crippen LogP contribution in [0.2, 0.25) is 0 Å². The number of aromatic nitrogens is 1. The molecule has 146 valence electrons. The molecule has 0 bridgehead atoms. The third-order valence-corrected chi connectivity index (χ3v) is 3.99. The van der Waals surface area contributed by atoms with E-state index in [9.17, 15) is 23.3 Å². The Morgan fingerprint density at radius 2 is 2.23 bits per heavy atom. The lowest BCUT2D eigenvalue weighted by Gasteiger charge is -2.20. The zero-order chi connectivity index (χ0) is 19.7. The van der Waals surface area contributed by atoms with Gasteiger partial charge in [-0.1, -0.05) is 0 Å². The minimum absolute atomic E-state index is 0.0225. The highest BCUT2D eigenvalue weighted by molar-refractivity contribution is 7.14. The Hall–Kier alpha value is -2.57. The Balaban J connectivity index is 2.48. The largest absolute Gasteiger partial charge is 0.406 e. The summed E-state index contributed by atoms with van der Waals surface area (Å²) < 4.78 is 37.6. The average Bonchev–Trinajstić information content (AvgIpc) is 2.98. The van der Waals surface area contributed by atoms with Crippen molar-refractivity contribution >= 4 is 22.4 Å². The number of nitrogens with one attached hydrogen (secondary N) is 3. The SMILES string of the molecule is CNC(=C[N+](=O)[O-])NCCCCc1csc(N(CC(F)(F)F)C(=N)N)n1. The zero-order valence-electron chi connectivity index (χ0n) is 14.0. The maximum Gasteiger partial charge on any atom is 0.406 e. The first kappa shape index (κ1) is 21.5. The number of rotatable bonds is 10. The summed E-state index contributed by atoms with van der Waals surface area (Å²) in [6.07, 6.45) is -1.77. The summed E-state index contributed by atoms with van der Waals surface area (Å²) >= 11 is 0.990. The van der Waals surface area contributed by atoms with Crippen LogP contribution in [0.3, 0.4) is 0 Å². The summed E-state index contributed by atoms with van der Waals surface area (Å²) in [6, 6.07) is 0. The standard InChI is InChI=1S/C13H20F3N7O2S/c1-19-10(6-23(24)25)20-5-3-2-4-9-7-26-12(21-9)22(11(17)18)8-13(14,15)16/h6-7,19-20H,2-5,8H2,1H3,(H3,17,18). The molecule has 5 N–H and O–H groups in total. The van der Waals surface area contributed by atoms with Gasteiger partial charge in [-0.2, -0.15) is 13.2 Å². The van der Waals surface area contributed by atoms with E-state index in [1.165, 1.54) is 0 Å². The predicted molar refractivity (Wildman–Crippen MR) is 92.5 cm³/mol. The van der Waals surface area contributed by atoms with Crippen molar-refractivity contribution in [2.24, 2.45) is 5.73 Å². The van der Waals surface area contributed by atoms with E-state index in [1.807, 2.05) is 0 Å². The highest BCUT2D eigenvalue weighted by atomic mass is 32.1. The van der Waals surface area contributed by atoms with Crippen LogP contribution in [-0.4, -0.2) is 42.2 Å². The average molecular weight is 395 g/mol. The van der Waals surface area contributed by atoms with E-state index in [4.69, 9.17) is 11.1 Å². The third-order valence-electron chi connectivity index (χ3n) is 3.08. The van der Waals surface area contributed by atoms with Gasteiger partial charge in [0.05, 0.1) is 10.6 Å². The quantitative estimate of drug-likeness (QED) is 0.155. The summed E-state index contributed by atoms with van der Waals surface area (Å²) in [5, 5.41) is 24.8. The second kappa shape index (κ2) is 9.79. The number of hydrogen-bond donors (Lipinski definition) is 4. The fourth-order valence-corrected chi connectivity index (χ4v) is 2.80. The van der Waals surface area contributed by atoms with Crippen LogP contribution in [0, 0.1) is 15.5 Å². The van der Waals surface area contributed by atoms with E-state index in [0.29, 0.717) is 36.4 Å². The minimum atomic E-state index is -4.49. The number of aryl methyl sites for hydroxylation is 1. The smallest absolute Gasteiger partial charge is 0.370 e. The Labute approximate surface area is 151 Å². The van der Waals surface area contributed by atoms with Gasteiger partial charge in [-0.05, 0) is 19.3 Å². The van der Waals surface area contributed by atoms with Crippen LogP contribution >= 0.6 is 11.3 Å². The van der Waals surface area contributed by atoms with Gasteiger partial charge in [0.25, 0.3) is 6.20 Å². The van der Waals surface area contributed by atoms with E-state index in [0.717, 1.165) is 17.5 Å². The molecule has 0 aliphatic rings. The van der Waals surface area contributed by atoms with Crippen molar-refractivity contribution in [2.45, 2.75) is 25.4 Å². The predicted octanol–water partition coefficient (Wildman–Crippen LogP) is 1.61. The van der Waals surface area contributed by atoms with Crippen molar-refractivity contribution in [1.82, 2.24) is 15.6 Å². The first-order chi connectivity index (χ1) is 12.1. The lowest BCUT2D eigenvalue weighted by atomic mass is 10.2. The lowest BCUT2D eigenvalue weighted by molar-refractivity contribution is -0.404. The van der Waals surface area contributed by atoms with Crippen molar-refractivity contribution in [3.63, 3.8) is 0 Å². The maximum atomic E-state index is 12.5. The number of alkyl halides is 3. The summed E-state index contributed by atoms with van der Waals surface area (Å²) in [5.74, 6) is -0.431. The number of guanidine groups is 1. The first-order valence-corrected chi connectivity index (χ1v) is 8.40. The summed E-state index contributed by atoms with van der Waals surface area (Å²) in [5.41, 5.74) is 5.81. The minimum Gasteiger partial charge on any atom is -0.370 e. The molecule has 0 aromatic carbocycles. The van der Waals surface area contributed by atoms with Gasteiger partial charge < -0.3 is 16.4 Å². The number of halogens is 3. The Bertz CT molecular complexity index is 648. The number of nitro groups is 1. The van der Waals surface area contributed by atoms with Gasteiger partial charge >= 0.3 is 6.18 Å². The molecule has 0 fully saturated rings. The van der Waals surface area contributed by atoms with Crippen LogP contribution < -0.4 is 21.3 Å².